The van der Waals surface area contributed by atoms with Crippen molar-refractivity contribution in [1.29, 1.82) is 0 Å². The van der Waals surface area contributed by atoms with Crippen LogP contribution < -0.4 is 0 Å². The molecule has 7 nitrogen and oxygen atoms in total. The normalized spacial score (nSPS) is 23.5. The summed E-state index contributed by atoms with van der Waals surface area (Å²) in [5, 5.41) is 12.9. The molecule has 1 aromatic heterocycles. The average Bonchev–Trinajstić information content (AvgIpc) is 3.54. The predicted molar refractivity (Wildman–Crippen MR) is 154 cm³/mol. The maximum Gasteiger partial charge on any atom is 0.416 e. The fourth-order valence-electron chi connectivity index (χ4n) is 7.02. The van der Waals surface area contributed by atoms with Crippen molar-refractivity contribution >= 4 is 5.78 Å². The van der Waals surface area contributed by atoms with E-state index in [1.165, 1.54) is 11.7 Å². The number of benzene rings is 3. The third-order valence-electron chi connectivity index (χ3n) is 8.90. The Labute approximate surface area is 261 Å². The number of aromatic nitrogens is 4. The van der Waals surface area contributed by atoms with Crippen molar-refractivity contribution in [3.63, 3.8) is 0 Å². The molecule has 3 heterocycles. The van der Waals surface area contributed by atoms with Crippen molar-refractivity contribution in [3.05, 3.63) is 113 Å². The number of tetrazole rings is 1. The molecule has 13 heteroatoms. The first-order valence-corrected chi connectivity index (χ1v) is 14.9. The number of rotatable bonds is 9. The van der Waals surface area contributed by atoms with Gasteiger partial charge in [0.1, 0.15) is 6.54 Å². The van der Waals surface area contributed by atoms with Crippen LogP contribution in [0.1, 0.15) is 65.7 Å². The monoisotopic (exact) mass is 643 g/mol. The van der Waals surface area contributed by atoms with Crippen LogP contribution in [0, 0.1) is 0 Å². The average molecular weight is 644 g/mol. The number of nitrogens with zero attached hydrogens (tertiary/aromatic N) is 5. The Hall–Kier alpha value is -4.10. The van der Waals surface area contributed by atoms with E-state index in [1.54, 1.807) is 0 Å². The fraction of sp³-hybridized carbons (Fsp3) is 0.394. The number of carbonyl (C=O) groups excluding carboxylic acids is 1. The zero-order chi connectivity index (χ0) is 32.7. The van der Waals surface area contributed by atoms with E-state index in [0.717, 1.165) is 11.1 Å². The molecule has 4 aromatic rings. The Morgan fingerprint density at radius 3 is 2.13 bits per heavy atom. The molecule has 0 radical (unpaired) electrons. The zero-order valence-corrected chi connectivity index (χ0v) is 24.8. The van der Waals surface area contributed by atoms with Crippen molar-refractivity contribution in [2.24, 2.45) is 0 Å². The lowest BCUT2D eigenvalue weighted by Crippen LogP contribution is -2.56. The molecule has 0 aliphatic carbocycles. The highest BCUT2D eigenvalue weighted by Crippen LogP contribution is 2.57. The van der Waals surface area contributed by atoms with Crippen molar-refractivity contribution in [1.82, 2.24) is 25.1 Å². The second-order valence-electron chi connectivity index (χ2n) is 12.0. The summed E-state index contributed by atoms with van der Waals surface area (Å²) in [4.78, 5) is 15.3. The van der Waals surface area contributed by atoms with Crippen LogP contribution >= 0.6 is 0 Å². The number of alkyl halides is 6. The van der Waals surface area contributed by atoms with Gasteiger partial charge in [0.25, 0.3) is 0 Å². The molecule has 0 spiro atoms. The number of Topliss-reactive ketones (excluding diaryl/α,β-unsaturated/α-hetero) is 1. The molecule has 3 aromatic carbocycles. The molecule has 0 amide bonds. The van der Waals surface area contributed by atoms with Crippen LogP contribution in [0.5, 0.6) is 0 Å². The Kier molecular flexibility index (Phi) is 8.49. The minimum atomic E-state index is -4.96. The number of carbonyl (C=O) groups is 1. The van der Waals surface area contributed by atoms with Crippen LogP contribution in [-0.4, -0.2) is 43.0 Å². The largest absolute Gasteiger partial charge is 0.416 e. The number of hydrogen-bond acceptors (Lipinski definition) is 6. The van der Waals surface area contributed by atoms with E-state index in [4.69, 9.17) is 4.74 Å². The van der Waals surface area contributed by atoms with E-state index in [2.05, 4.69) is 20.3 Å². The number of fused-ring (bicyclic) bond motifs is 2. The summed E-state index contributed by atoms with van der Waals surface area (Å²) in [5.74, 6) is 0.108. The van der Waals surface area contributed by atoms with Gasteiger partial charge in [-0.2, -0.15) is 31.1 Å². The van der Waals surface area contributed by atoms with Gasteiger partial charge in [-0.05, 0) is 66.3 Å². The van der Waals surface area contributed by atoms with Crippen molar-refractivity contribution in [2.75, 3.05) is 0 Å². The van der Waals surface area contributed by atoms with E-state index in [0.29, 0.717) is 43.8 Å². The molecule has 2 fully saturated rings. The molecular formula is C33H31F6N5O2. The van der Waals surface area contributed by atoms with Gasteiger partial charge in [-0.25, -0.2) is 0 Å². The number of ketones is 1. The van der Waals surface area contributed by atoms with Crippen molar-refractivity contribution in [3.8, 4) is 0 Å². The predicted octanol–water partition coefficient (Wildman–Crippen LogP) is 6.93. The maximum atomic E-state index is 13.6. The van der Waals surface area contributed by atoms with Crippen LogP contribution in [0.2, 0.25) is 0 Å². The Balaban J connectivity index is 1.41. The standard InChI is InChI=1S/C33H31F6N5O2/c1-21(45)18-44-41-30(40-42-44)27-17-31(24-10-6-3-7-11-24)29(13-12-28(27)43(31)19-22-8-4-2-5-9-22)46-20-23-14-25(32(34,35)36)16-26(15-23)33(37,38)39/h2-11,14-16,27-29H,12-13,17-20H2,1H3/t27-,28+,29-,31-/m1/s1. The molecule has 4 atom stereocenters. The first kappa shape index (κ1) is 31.9. The second kappa shape index (κ2) is 12.3. The number of hydrogen-bond donors (Lipinski definition) is 0. The van der Waals surface area contributed by atoms with Crippen LogP contribution in [0.15, 0.2) is 78.9 Å². The van der Waals surface area contributed by atoms with Gasteiger partial charge in [0, 0.05) is 18.5 Å². The van der Waals surface area contributed by atoms with Crippen LogP contribution in [0.3, 0.4) is 0 Å². The topological polar surface area (TPSA) is 73.1 Å². The van der Waals surface area contributed by atoms with Gasteiger partial charge in [0.15, 0.2) is 11.6 Å². The Morgan fingerprint density at radius 2 is 1.52 bits per heavy atom. The minimum absolute atomic E-state index is 0.0232. The smallest absolute Gasteiger partial charge is 0.371 e. The summed E-state index contributed by atoms with van der Waals surface area (Å²) in [6.07, 6.45) is -8.96. The molecule has 2 saturated heterocycles. The minimum Gasteiger partial charge on any atom is -0.371 e. The molecule has 6 rings (SSSR count). The zero-order valence-electron chi connectivity index (χ0n) is 24.8. The molecule has 0 saturated carbocycles. The molecule has 2 aliphatic rings. The van der Waals surface area contributed by atoms with Gasteiger partial charge in [-0.3, -0.25) is 9.69 Å². The molecule has 0 unspecified atom stereocenters. The lowest BCUT2D eigenvalue weighted by molar-refractivity contribution is -0.143. The second-order valence-corrected chi connectivity index (χ2v) is 12.0. The van der Waals surface area contributed by atoms with Crippen LogP contribution in [0.4, 0.5) is 26.3 Å². The van der Waals surface area contributed by atoms with Gasteiger partial charge in [0.2, 0.25) is 0 Å². The summed E-state index contributed by atoms with van der Waals surface area (Å²) in [6, 6.07) is 20.8. The quantitative estimate of drug-likeness (QED) is 0.184. The summed E-state index contributed by atoms with van der Waals surface area (Å²) in [7, 11) is 0. The third-order valence-corrected chi connectivity index (χ3v) is 8.90. The van der Waals surface area contributed by atoms with Gasteiger partial charge in [-0.15, -0.1) is 10.2 Å². The number of halogens is 6. The van der Waals surface area contributed by atoms with Gasteiger partial charge in [0.05, 0.1) is 29.4 Å². The fourth-order valence-corrected chi connectivity index (χ4v) is 7.02. The third kappa shape index (κ3) is 6.30. The first-order chi connectivity index (χ1) is 21.8. The lowest BCUT2D eigenvalue weighted by atomic mass is 9.78. The molecule has 46 heavy (non-hydrogen) atoms. The van der Waals surface area contributed by atoms with E-state index in [9.17, 15) is 31.1 Å². The molecule has 2 bridgehead atoms. The molecule has 2 aliphatic heterocycles. The number of piperidine rings is 1. The summed E-state index contributed by atoms with van der Waals surface area (Å²) in [6.45, 7) is 1.46. The van der Waals surface area contributed by atoms with E-state index in [-0.39, 0.29) is 35.9 Å². The summed E-state index contributed by atoms with van der Waals surface area (Å²) >= 11 is 0. The van der Waals surface area contributed by atoms with E-state index >= 15 is 0 Å². The van der Waals surface area contributed by atoms with Gasteiger partial charge in [-0.1, -0.05) is 60.7 Å². The van der Waals surface area contributed by atoms with Crippen LogP contribution in [-0.2, 0) is 47.1 Å². The highest BCUT2D eigenvalue weighted by Gasteiger charge is 2.61. The van der Waals surface area contributed by atoms with E-state index in [1.807, 2.05) is 60.7 Å². The van der Waals surface area contributed by atoms with E-state index < -0.39 is 41.7 Å². The highest BCUT2D eigenvalue weighted by molar-refractivity contribution is 5.74. The number of ether oxygens (including phenoxy) is 1. The van der Waals surface area contributed by atoms with Crippen molar-refractivity contribution in [2.45, 2.75) is 81.8 Å². The van der Waals surface area contributed by atoms with Crippen LogP contribution in [0.25, 0.3) is 0 Å². The molecule has 242 valence electrons. The maximum absolute atomic E-state index is 13.6. The first-order valence-electron chi connectivity index (χ1n) is 14.9. The lowest BCUT2D eigenvalue weighted by Gasteiger charge is -2.50. The molecule has 0 N–H and O–H groups in total. The molecular weight excluding hydrogens is 612 g/mol. The van der Waals surface area contributed by atoms with Gasteiger partial charge < -0.3 is 4.74 Å². The Bertz CT molecular complexity index is 1650. The van der Waals surface area contributed by atoms with Crippen molar-refractivity contribution < 1.29 is 35.9 Å². The summed E-state index contributed by atoms with van der Waals surface area (Å²) < 4.78 is 88.1. The highest BCUT2D eigenvalue weighted by atomic mass is 19.4. The van der Waals surface area contributed by atoms with Gasteiger partial charge >= 0.3 is 12.4 Å². The Morgan fingerprint density at radius 1 is 0.891 bits per heavy atom. The summed E-state index contributed by atoms with van der Waals surface area (Å²) in [5.41, 5.74) is -1.88. The SMILES string of the molecule is CC(=O)Cn1nnc([C@@H]2C[C@@]3(c4ccccc4)[C@H](OCc4cc(C(F)(F)F)cc(C(F)(F)F)c4)CC[C@@H]2N3Cc2ccccc2)n1.